The number of benzene rings is 1. The highest BCUT2D eigenvalue weighted by Gasteiger charge is 2.10. The minimum atomic E-state index is -0.180. The number of hydrogen-bond acceptors (Lipinski definition) is 5. The van der Waals surface area contributed by atoms with E-state index in [2.05, 4.69) is 15.3 Å². The predicted octanol–water partition coefficient (Wildman–Crippen LogP) is 1.43. The Kier molecular flexibility index (Phi) is 3.13. The Balaban J connectivity index is 2.09. The molecule has 0 bridgehead atoms. The lowest BCUT2D eigenvalue weighted by Crippen LogP contribution is -2.25. The molecule has 6 nitrogen and oxygen atoms in total. The highest BCUT2D eigenvalue weighted by Crippen LogP contribution is 2.18. The molecule has 1 aromatic carbocycles. The van der Waals surface area contributed by atoms with E-state index in [0.29, 0.717) is 16.6 Å². The van der Waals surface area contributed by atoms with Gasteiger partial charge in [-0.05, 0) is 37.1 Å². The van der Waals surface area contributed by atoms with Gasteiger partial charge in [0, 0.05) is 11.9 Å². The first kappa shape index (κ1) is 13.2. The average molecular weight is 281 g/mol. The second-order valence-electron chi connectivity index (χ2n) is 5.00. The second-order valence-corrected chi connectivity index (χ2v) is 5.00. The molecule has 0 atom stereocenters. The topological polar surface area (TPSA) is 86.7 Å². The van der Waals surface area contributed by atoms with Crippen molar-refractivity contribution in [2.75, 3.05) is 5.73 Å². The van der Waals surface area contributed by atoms with Gasteiger partial charge in [-0.15, -0.1) is 5.10 Å². The largest absolute Gasteiger partial charge is 0.398 e. The molecule has 0 radical (unpaired) electrons. The number of nitrogen functional groups attached to an aromatic ring is 1. The lowest BCUT2D eigenvalue weighted by Gasteiger charge is -2.10. The summed E-state index contributed by atoms with van der Waals surface area (Å²) in [7, 11) is 0. The first-order chi connectivity index (χ1) is 10.1. The molecular formula is C15H15N5O. The Morgan fingerprint density at radius 1 is 1.24 bits per heavy atom. The van der Waals surface area contributed by atoms with Crippen molar-refractivity contribution in [2.45, 2.75) is 20.4 Å². The number of aryl methyl sites for hydroxylation is 1. The molecule has 0 aliphatic rings. The maximum absolute atomic E-state index is 12.4. The Morgan fingerprint density at radius 3 is 2.81 bits per heavy atom. The van der Waals surface area contributed by atoms with Gasteiger partial charge in [-0.2, -0.15) is 0 Å². The van der Waals surface area contributed by atoms with E-state index in [9.17, 15) is 4.79 Å². The van der Waals surface area contributed by atoms with Gasteiger partial charge >= 0.3 is 0 Å². The van der Waals surface area contributed by atoms with Crippen LogP contribution in [0.15, 0.2) is 35.3 Å². The molecule has 3 aromatic rings. The highest BCUT2D eigenvalue weighted by molar-refractivity contribution is 5.76. The summed E-state index contributed by atoms with van der Waals surface area (Å²) in [6, 6.07) is 7.14. The van der Waals surface area contributed by atoms with Crippen LogP contribution < -0.4 is 11.3 Å². The number of anilines is 1. The van der Waals surface area contributed by atoms with Gasteiger partial charge in [0.1, 0.15) is 5.52 Å². The Bertz CT molecular complexity index is 885. The van der Waals surface area contributed by atoms with Gasteiger partial charge in [-0.3, -0.25) is 9.78 Å². The Hall–Kier alpha value is -2.76. The van der Waals surface area contributed by atoms with Crippen LogP contribution in [0, 0.1) is 13.8 Å². The van der Waals surface area contributed by atoms with E-state index in [0.717, 1.165) is 16.8 Å². The van der Waals surface area contributed by atoms with Gasteiger partial charge in [-0.1, -0.05) is 17.3 Å². The maximum Gasteiger partial charge on any atom is 0.277 e. The summed E-state index contributed by atoms with van der Waals surface area (Å²) in [5.41, 5.74) is 9.63. The Morgan fingerprint density at radius 2 is 2.00 bits per heavy atom. The maximum atomic E-state index is 12.4. The van der Waals surface area contributed by atoms with Crippen molar-refractivity contribution in [1.29, 1.82) is 0 Å². The molecule has 0 aliphatic heterocycles. The van der Waals surface area contributed by atoms with E-state index in [1.807, 2.05) is 26.0 Å². The predicted molar refractivity (Wildman–Crippen MR) is 81.0 cm³/mol. The van der Waals surface area contributed by atoms with Crippen LogP contribution in [-0.2, 0) is 6.54 Å². The number of nitrogens with two attached hydrogens (primary N) is 1. The minimum absolute atomic E-state index is 0.180. The lowest BCUT2D eigenvalue weighted by molar-refractivity contribution is 0.590. The number of aromatic nitrogens is 4. The summed E-state index contributed by atoms with van der Waals surface area (Å²) >= 11 is 0. The molecule has 6 heteroatoms. The zero-order valence-corrected chi connectivity index (χ0v) is 11.9. The van der Waals surface area contributed by atoms with Crippen LogP contribution in [-0.4, -0.2) is 20.0 Å². The smallest absolute Gasteiger partial charge is 0.277 e. The number of pyridine rings is 1. The van der Waals surface area contributed by atoms with Gasteiger partial charge in [0.25, 0.3) is 5.56 Å². The third-order valence-corrected chi connectivity index (χ3v) is 3.60. The minimum Gasteiger partial charge on any atom is -0.398 e. The summed E-state index contributed by atoms with van der Waals surface area (Å²) in [6.45, 7) is 4.05. The van der Waals surface area contributed by atoms with Gasteiger partial charge < -0.3 is 5.73 Å². The normalized spacial score (nSPS) is 11.0. The van der Waals surface area contributed by atoms with Crippen LogP contribution in [0.3, 0.4) is 0 Å². The number of fused-ring (bicyclic) bond motifs is 1. The van der Waals surface area contributed by atoms with E-state index in [1.165, 1.54) is 4.68 Å². The second kappa shape index (κ2) is 4.97. The summed E-state index contributed by atoms with van der Waals surface area (Å²) in [4.78, 5) is 16.7. The first-order valence-corrected chi connectivity index (χ1v) is 6.61. The van der Waals surface area contributed by atoms with E-state index >= 15 is 0 Å². The van der Waals surface area contributed by atoms with Crippen molar-refractivity contribution in [3.63, 3.8) is 0 Å². The van der Waals surface area contributed by atoms with Gasteiger partial charge in [0.15, 0.2) is 0 Å². The van der Waals surface area contributed by atoms with Crippen LogP contribution in [0.25, 0.3) is 10.9 Å². The van der Waals surface area contributed by atoms with Crippen LogP contribution >= 0.6 is 0 Å². The molecule has 106 valence electrons. The fourth-order valence-corrected chi connectivity index (χ4v) is 2.22. The number of nitrogens with zero attached hydrogens (tertiary/aromatic N) is 4. The number of rotatable bonds is 2. The summed E-state index contributed by atoms with van der Waals surface area (Å²) in [5.74, 6) is 0. The fourth-order valence-electron chi connectivity index (χ4n) is 2.22. The van der Waals surface area contributed by atoms with Gasteiger partial charge in [0.2, 0.25) is 0 Å². The van der Waals surface area contributed by atoms with E-state index in [-0.39, 0.29) is 12.1 Å². The van der Waals surface area contributed by atoms with E-state index < -0.39 is 0 Å². The molecule has 0 spiro atoms. The standard InChI is InChI=1S/C15H15N5O/c1-9-7-17-13(10(2)14(9)16)8-20-15(21)11-5-3-4-6-12(11)18-19-20/h3-7H,8H2,1-2H3,(H2,16,17). The molecule has 2 aromatic heterocycles. The molecular weight excluding hydrogens is 266 g/mol. The van der Waals surface area contributed by atoms with Crippen LogP contribution in [0.1, 0.15) is 16.8 Å². The zero-order chi connectivity index (χ0) is 15.0. The number of hydrogen-bond donors (Lipinski definition) is 1. The summed E-state index contributed by atoms with van der Waals surface area (Å²) in [6.07, 6.45) is 1.71. The third-order valence-electron chi connectivity index (χ3n) is 3.60. The third kappa shape index (κ3) is 2.24. The van der Waals surface area contributed by atoms with Crippen molar-refractivity contribution in [2.24, 2.45) is 0 Å². The highest BCUT2D eigenvalue weighted by atomic mass is 16.1. The average Bonchev–Trinajstić information content (AvgIpc) is 2.50. The van der Waals surface area contributed by atoms with Gasteiger partial charge in [0.05, 0.1) is 17.6 Å². The monoisotopic (exact) mass is 281 g/mol. The molecule has 21 heavy (non-hydrogen) atoms. The molecule has 0 saturated carbocycles. The lowest BCUT2D eigenvalue weighted by atomic mass is 10.1. The van der Waals surface area contributed by atoms with Crippen molar-refractivity contribution >= 4 is 16.6 Å². The van der Waals surface area contributed by atoms with Crippen LogP contribution in [0.5, 0.6) is 0 Å². The molecule has 0 fully saturated rings. The SMILES string of the molecule is Cc1cnc(Cn2nnc3ccccc3c2=O)c(C)c1N. The molecule has 0 unspecified atom stereocenters. The molecule has 0 aliphatic carbocycles. The molecule has 2 N–H and O–H groups in total. The zero-order valence-electron chi connectivity index (χ0n) is 11.9. The van der Waals surface area contributed by atoms with Gasteiger partial charge in [-0.25, -0.2) is 4.68 Å². The fraction of sp³-hybridized carbons (Fsp3) is 0.200. The quantitative estimate of drug-likeness (QED) is 0.768. The van der Waals surface area contributed by atoms with Crippen molar-refractivity contribution in [1.82, 2.24) is 20.0 Å². The van der Waals surface area contributed by atoms with E-state index in [4.69, 9.17) is 5.73 Å². The van der Waals surface area contributed by atoms with Crippen LogP contribution in [0.2, 0.25) is 0 Å². The summed E-state index contributed by atoms with van der Waals surface area (Å²) < 4.78 is 1.31. The van der Waals surface area contributed by atoms with E-state index in [1.54, 1.807) is 18.3 Å². The van der Waals surface area contributed by atoms with Crippen molar-refractivity contribution in [3.05, 3.63) is 57.6 Å². The molecule has 2 heterocycles. The van der Waals surface area contributed by atoms with Crippen molar-refractivity contribution < 1.29 is 0 Å². The first-order valence-electron chi connectivity index (χ1n) is 6.61. The summed E-state index contributed by atoms with van der Waals surface area (Å²) in [5, 5.41) is 8.58. The van der Waals surface area contributed by atoms with Crippen molar-refractivity contribution in [3.8, 4) is 0 Å². The van der Waals surface area contributed by atoms with Crippen LogP contribution in [0.4, 0.5) is 5.69 Å². The molecule has 0 saturated heterocycles. The molecule has 0 amide bonds. The Labute approximate surface area is 121 Å². The molecule has 3 rings (SSSR count).